The second-order valence-electron chi connectivity index (χ2n) is 8.01. The number of hydrogen-bond donors (Lipinski definition) is 1. The number of nitrogens with zero attached hydrogens (tertiary/aromatic N) is 1. The predicted octanol–water partition coefficient (Wildman–Crippen LogP) is 5.51. The minimum Gasteiger partial charge on any atom is -0.481 e. The SMILES string of the molecule is CC(=O)Nc1cccc([C@@H](C)N(Cc2ccccc2)C(=O)[C@H](C)Oc2ccc(C)cc2)c1. The van der Waals surface area contributed by atoms with Gasteiger partial charge in [0.15, 0.2) is 6.10 Å². The van der Waals surface area contributed by atoms with Gasteiger partial charge in [-0.2, -0.15) is 0 Å². The fraction of sp³-hybridized carbons (Fsp3) is 0.259. The van der Waals surface area contributed by atoms with Gasteiger partial charge in [-0.3, -0.25) is 9.59 Å². The van der Waals surface area contributed by atoms with Crippen molar-refractivity contribution >= 4 is 17.5 Å². The molecule has 3 aromatic rings. The van der Waals surface area contributed by atoms with Gasteiger partial charge >= 0.3 is 0 Å². The van der Waals surface area contributed by atoms with Crippen molar-refractivity contribution in [3.63, 3.8) is 0 Å². The first-order valence-electron chi connectivity index (χ1n) is 10.8. The van der Waals surface area contributed by atoms with Crippen molar-refractivity contribution in [2.45, 2.75) is 46.4 Å². The van der Waals surface area contributed by atoms with Gasteiger partial charge in [0.25, 0.3) is 5.91 Å². The first kappa shape index (κ1) is 23.1. The van der Waals surface area contributed by atoms with Crippen LogP contribution in [0.5, 0.6) is 5.75 Å². The third-order valence-electron chi connectivity index (χ3n) is 5.32. The van der Waals surface area contributed by atoms with Crippen LogP contribution in [0.15, 0.2) is 78.9 Å². The number of amides is 2. The Morgan fingerprint density at radius 3 is 2.28 bits per heavy atom. The molecule has 5 nitrogen and oxygen atoms in total. The summed E-state index contributed by atoms with van der Waals surface area (Å²) in [4.78, 5) is 26.8. The monoisotopic (exact) mass is 430 g/mol. The van der Waals surface area contributed by atoms with Gasteiger partial charge in [0.05, 0.1) is 6.04 Å². The molecular weight excluding hydrogens is 400 g/mol. The van der Waals surface area contributed by atoms with Crippen LogP contribution in [-0.2, 0) is 16.1 Å². The van der Waals surface area contributed by atoms with Gasteiger partial charge in [-0.1, -0.05) is 60.2 Å². The molecule has 2 amide bonds. The Balaban J connectivity index is 1.86. The van der Waals surface area contributed by atoms with Crippen LogP contribution in [0.1, 0.15) is 43.5 Å². The number of carbonyl (C=O) groups is 2. The van der Waals surface area contributed by atoms with Gasteiger partial charge in [0, 0.05) is 19.2 Å². The summed E-state index contributed by atoms with van der Waals surface area (Å²) in [6, 6.07) is 24.9. The molecule has 0 saturated heterocycles. The Morgan fingerprint density at radius 2 is 1.62 bits per heavy atom. The summed E-state index contributed by atoms with van der Waals surface area (Å²) in [7, 11) is 0. The van der Waals surface area contributed by atoms with Gasteiger partial charge in [-0.15, -0.1) is 0 Å². The van der Waals surface area contributed by atoms with Crippen molar-refractivity contribution < 1.29 is 14.3 Å². The number of ether oxygens (including phenoxy) is 1. The quantitative estimate of drug-likeness (QED) is 0.513. The molecule has 0 fully saturated rings. The number of anilines is 1. The zero-order valence-corrected chi connectivity index (χ0v) is 19.0. The molecule has 0 radical (unpaired) electrons. The lowest BCUT2D eigenvalue weighted by atomic mass is 10.0. The van der Waals surface area contributed by atoms with Crippen molar-refractivity contribution in [1.29, 1.82) is 0 Å². The normalized spacial score (nSPS) is 12.5. The van der Waals surface area contributed by atoms with E-state index in [2.05, 4.69) is 5.32 Å². The molecule has 5 heteroatoms. The van der Waals surface area contributed by atoms with Crippen LogP contribution in [0.4, 0.5) is 5.69 Å². The maximum atomic E-state index is 13.5. The third kappa shape index (κ3) is 6.20. The molecule has 0 bridgehead atoms. The summed E-state index contributed by atoms with van der Waals surface area (Å²) in [6.45, 7) is 7.71. The summed E-state index contributed by atoms with van der Waals surface area (Å²) >= 11 is 0. The summed E-state index contributed by atoms with van der Waals surface area (Å²) in [6.07, 6.45) is -0.651. The highest BCUT2D eigenvalue weighted by Gasteiger charge is 2.27. The second-order valence-corrected chi connectivity index (χ2v) is 8.01. The van der Waals surface area contributed by atoms with Gasteiger partial charge in [-0.05, 0) is 56.2 Å². The topological polar surface area (TPSA) is 58.6 Å². The van der Waals surface area contributed by atoms with E-state index in [1.807, 2.05) is 97.6 Å². The van der Waals surface area contributed by atoms with E-state index < -0.39 is 6.10 Å². The lowest BCUT2D eigenvalue weighted by molar-refractivity contribution is -0.141. The maximum absolute atomic E-state index is 13.5. The first-order chi connectivity index (χ1) is 15.3. The van der Waals surface area contributed by atoms with E-state index in [1.54, 1.807) is 6.92 Å². The van der Waals surface area contributed by atoms with Crippen molar-refractivity contribution in [3.8, 4) is 5.75 Å². The van der Waals surface area contributed by atoms with Gasteiger partial charge in [0.1, 0.15) is 5.75 Å². The van der Waals surface area contributed by atoms with E-state index in [0.29, 0.717) is 18.0 Å². The van der Waals surface area contributed by atoms with Crippen LogP contribution >= 0.6 is 0 Å². The zero-order chi connectivity index (χ0) is 23.1. The van der Waals surface area contributed by atoms with E-state index in [9.17, 15) is 9.59 Å². The Bertz CT molecular complexity index is 1050. The molecular formula is C27H30N2O3. The first-order valence-corrected chi connectivity index (χ1v) is 10.8. The highest BCUT2D eigenvalue weighted by Crippen LogP contribution is 2.26. The van der Waals surface area contributed by atoms with Crippen LogP contribution in [0.2, 0.25) is 0 Å². The number of nitrogens with one attached hydrogen (secondary N) is 1. The summed E-state index contributed by atoms with van der Waals surface area (Å²) in [5, 5.41) is 2.81. The molecule has 32 heavy (non-hydrogen) atoms. The molecule has 0 aliphatic heterocycles. The molecule has 0 aliphatic carbocycles. The van der Waals surface area contributed by atoms with Crippen molar-refractivity contribution in [2.75, 3.05) is 5.32 Å². The largest absolute Gasteiger partial charge is 0.481 e. The highest BCUT2D eigenvalue weighted by molar-refractivity contribution is 5.88. The number of rotatable bonds is 8. The van der Waals surface area contributed by atoms with Gasteiger partial charge in [0.2, 0.25) is 5.91 Å². The fourth-order valence-corrected chi connectivity index (χ4v) is 3.55. The van der Waals surface area contributed by atoms with Crippen LogP contribution in [0, 0.1) is 6.92 Å². The molecule has 0 unspecified atom stereocenters. The van der Waals surface area contributed by atoms with Crippen molar-refractivity contribution in [1.82, 2.24) is 4.90 Å². The smallest absolute Gasteiger partial charge is 0.264 e. The maximum Gasteiger partial charge on any atom is 0.264 e. The molecule has 0 aromatic heterocycles. The molecule has 0 heterocycles. The third-order valence-corrected chi connectivity index (χ3v) is 5.32. The standard InChI is InChI=1S/C27H30N2O3/c1-19-13-15-26(16-14-19)32-21(3)27(31)29(18-23-9-6-5-7-10-23)20(2)24-11-8-12-25(17-24)28-22(4)30/h5-17,20-21H,18H2,1-4H3,(H,28,30)/t20-,21+/m1/s1. The molecule has 0 saturated carbocycles. The average Bonchev–Trinajstić information content (AvgIpc) is 2.78. The van der Waals surface area contributed by atoms with E-state index in [-0.39, 0.29) is 17.9 Å². The summed E-state index contributed by atoms with van der Waals surface area (Å²) < 4.78 is 5.96. The van der Waals surface area contributed by atoms with E-state index in [0.717, 1.165) is 16.7 Å². The minimum absolute atomic E-state index is 0.105. The number of aryl methyl sites for hydroxylation is 1. The van der Waals surface area contributed by atoms with Crippen LogP contribution in [0.3, 0.4) is 0 Å². The Morgan fingerprint density at radius 1 is 0.938 bits per heavy atom. The Kier molecular flexibility index (Phi) is 7.66. The molecule has 1 N–H and O–H groups in total. The molecule has 166 valence electrons. The lowest BCUT2D eigenvalue weighted by Gasteiger charge is -2.32. The fourth-order valence-electron chi connectivity index (χ4n) is 3.55. The van der Waals surface area contributed by atoms with Gasteiger partial charge < -0.3 is 15.0 Å². The predicted molar refractivity (Wildman–Crippen MR) is 127 cm³/mol. The Labute approximate surface area is 190 Å². The lowest BCUT2D eigenvalue weighted by Crippen LogP contribution is -2.41. The minimum atomic E-state index is -0.651. The van der Waals surface area contributed by atoms with E-state index >= 15 is 0 Å². The van der Waals surface area contributed by atoms with E-state index in [1.165, 1.54) is 6.92 Å². The zero-order valence-electron chi connectivity index (χ0n) is 19.0. The molecule has 0 spiro atoms. The van der Waals surface area contributed by atoms with Crippen LogP contribution in [0.25, 0.3) is 0 Å². The summed E-state index contributed by atoms with van der Waals surface area (Å²) in [5.41, 5.74) is 3.81. The number of benzene rings is 3. The average molecular weight is 431 g/mol. The second kappa shape index (κ2) is 10.6. The molecule has 3 aromatic carbocycles. The van der Waals surface area contributed by atoms with Gasteiger partial charge in [-0.25, -0.2) is 0 Å². The Hall–Kier alpha value is -3.60. The summed E-state index contributed by atoms with van der Waals surface area (Å²) in [5.74, 6) is 0.426. The highest BCUT2D eigenvalue weighted by atomic mass is 16.5. The van der Waals surface area contributed by atoms with Crippen molar-refractivity contribution in [3.05, 3.63) is 95.6 Å². The molecule has 0 aliphatic rings. The molecule has 2 atom stereocenters. The number of carbonyl (C=O) groups excluding carboxylic acids is 2. The van der Waals surface area contributed by atoms with Crippen molar-refractivity contribution in [2.24, 2.45) is 0 Å². The van der Waals surface area contributed by atoms with Crippen LogP contribution < -0.4 is 10.1 Å². The number of hydrogen-bond acceptors (Lipinski definition) is 3. The van der Waals surface area contributed by atoms with Crippen LogP contribution in [-0.4, -0.2) is 22.8 Å². The van der Waals surface area contributed by atoms with E-state index in [4.69, 9.17) is 4.74 Å². The molecule has 3 rings (SSSR count).